The summed E-state index contributed by atoms with van der Waals surface area (Å²) >= 11 is 0. The maximum Gasteiger partial charge on any atom is 0.250 e. The van der Waals surface area contributed by atoms with Crippen LogP contribution in [0.25, 0.3) is 0 Å². The normalized spacial score (nSPS) is 16.2. The number of hydrogen-bond donors (Lipinski definition) is 2. The van der Waals surface area contributed by atoms with Crippen LogP contribution in [0.1, 0.15) is 44.2 Å². The molecule has 0 aromatic carbocycles. The topological polar surface area (TPSA) is 67.7 Å². The Hall–Kier alpha value is -1.82. The number of hydrogen-bond acceptors (Lipinski definition) is 3. The zero-order valence-electron chi connectivity index (χ0n) is 16.5. The maximum atomic E-state index is 11.9. The minimum Gasteiger partial charge on any atom is -0.385 e. The lowest BCUT2D eigenvalue weighted by atomic mass is 9.67. The molecule has 0 spiro atoms. The molecule has 1 heterocycles. The first-order chi connectivity index (χ1) is 12.6. The van der Waals surface area contributed by atoms with Crippen LogP contribution in [0.3, 0.4) is 0 Å². The van der Waals surface area contributed by atoms with Crippen molar-refractivity contribution in [3.05, 3.63) is 34.2 Å². The van der Waals surface area contributed by atoms with Crippen LogP contribution in [-0.2, 0) is 11.3 Å². The van der Waals surface area contributed by atoms with E-state index in [1.54, 1.807) is 13.2 Å². The average Bonchev–Trinajstić information content (AvgIpc) is 2.60. The number of aryl methyl sites for hydroxylation is 1. The molecule has 1 saturated carbocycles. The number of rotatable bonds is 10. The number of nitrogens with one attached hydrogen (secondary N) is 2. The van der Waals surface area contributed by atoms with E-state index in [1.165, 1.54) is 19.3 Å². The predicted octanol–water partition coefficient (Wildman–Crippen LogP) is 2.31. The molecule has 1 aliphatic carbocycles. The summed E-state index contributed by atoms with van der Waals surface area (Å²) in [5, 5.41) is 6.86. The molecule has 2 rings (SSSR count). The molecule has 2 N–H and O–H groups in total. The number of pyridine rings is 1. The molecule has 1 aliphatic rings. The van der Waals surface area contributed by atoms with E-state index >= 15 is 0 Å². The van der Waals surface area contributed by atoms with Crippen molar-refractivity contribution in [2.75, 3.05) is 33.9 Å². The Kier molecular flexibility index (Phi) is 8.16. The number of ether oxygens (including phenoxy) is 1. The number of aromatic nitrogens is 1. The first kappa shape index (κ1) is 20.5. The van der Waals surface area contributed by atoms with Crippen LogP contribution in [0.2, 0.25) is 0 Å². The molecule has 0 saturated heterocycles. The molecule has 0 bridgehead atoms. The molecule has 0 radical (unpaired) electrons. The summed E-state index contributed by atoms with van der Waals surface area (Å²) in [5.41, 5.74) is 1.47. The molecule has 1 fully saturated rings. The molecule has 0 unspecified atom stereocenters. The maximum absolute atomic E-state index is 11.9. The van der Waals surface area contributed by atoms with Crippen LogP contribution in [0, 0.1) is 12.3 Å². The van der Waals surface area contributed by atoms with E-state index in [1.807, 2.05) is 30.7 Å². The monoisotopic (exact) mass is 362 g/mol. The molecule has 1 aromatic heterocycles. The Balaban J connectivity index is 1.67. The van der Waals surface area contributed by atoms with Crippen LogP contribution in [0.4, 0.5) is 0 Å². The highest BCUT2D eigenvalue weighted by Crippen LogP contribution is 2.43. The van der Waals surface area contributed by atoms with Gasteiger partial charge in [0.2, 0.25) is 0 Å². The Morgan fingerprint density at radius 1 is 1.31 bits per heavy atom. The van der Waals surface area contributed by atoms with Crippen LogP contribution < -0.4 is 16.2 Å². The Labute approximate surface area is 157 Å². The lowest BCUT2D eigenvalue weighted by molar-refractivity contribution is 0.0732. The van der Waals surface area contributed by atoms with Gasteiger partial charge >= 0.3 is 0 Å². The first-order valence-corrected chi connectivity index (χ1v) is 9.70. The van der Waals surface area contributed by atoms with Gasteiger partial charge in [-0.25, -0.2) is 0 Å². The van der Waals surface area contributed by atoms with Gasteiger partial charge in [-0.1, -0.05) is 12.5 Å². The Morgan fingerprint density at radius 2 is 2.12 bits per heavy atom. The molecule has 6 nitrogen and oxygen atoms in total. The van der Waals surface area contributed by atoms with E-state index in [0.29, 0.717) is 5.41 Å². The Morgan fingerprint density at radius 3 is 2.73 bits per heavy atom. The summed E-state index contributed by atoms with van der Waals surface area (Å²) < 4.78 is 7.09. The number of guanidine groups is 1. The van der Waals surface area contributed by atoms with E-state index in [4.69, 9.17) is 4.74 Å². The van der Waals surface area contributed by atoms with Gasteiger partial charge in [-0.15, -0.1) is 0 Å². The van der Waals surface area contributed by atoms with Crippen molar-refractivity contribution in [1.82, 2.24) is 15.2 Å². The van der Waals surface area contributed by atoms with Crippen LogP contribution >= 0.6 is 0 Å². The highest BCUT2D eigenvalue weighted by atomic mass is 16.5. The third-order valence-electron chi connectivity index (χ3n) is 5.47. The van der Waals surface area contributed by atoms with Gasteiger partial charge in [-0.3, -0.25) is 9.79 Å². The molecule has 6 heteroatoms. The van der Waals surface area contributed by atoms with Crippen molar-refractivity contribution in [3.63, 3.8) is 0 Å². The molecular formula is C20H34N4O2. The van der Waals surface area contributed by atoms with Crippen molar-refractivity contribution < 1.29 is 4.74 Å². The minimum absolute atomic E-state index is 0.0808. The molecule has 146 valence electrons. The number of aliphatic imine (C=N–C) groups is 1. The second-order valence-electron chi connectivity index (χ2n) is 7.31. The van der Waals surface area contributed by atoms with Crippen molar-refractivity contribution in [2.24, 2.45) is 10.4 Å². The van der Waals surface area contributed by atoms with Crippen molar-refractivity contribution >= 4 is 5.96 Å². The fraction of sp³-hybridized carbons (Fsp3) is 0.700. The highest BCUT2D eigenvalue weighted by molar-refractivity contribution is 5.79. The molecule has 26 heavy (non-hydrogen) atoms. The second kappa shape index (κ2) is 10.4. The highest BCUT2D eigenvalue weighted by Gasteiger charge is 2.36. The second-order valence-corrected chi connectivity index (χ2v) is 7.31. The zero-order valence-corrected chi connectivity index (χ0v) is 16.5. The van der Waals surface area contributed by atoms with Gasteiger partial charge in [0.15, 0.2) is 5.96 Å². The van der Waals surface area contributed by atoms with Gasteiger partial charge in [0, 0.05) is 52.2 Å². The molecular weight excluding hydrogens is 328 g/mol. The standard InChI is InChI=1S/C20H34N4O2/c1-17-8-6-9-18(25)24(17)14-5-4-13-22-19(21-2)23-16-20(10-7-11-20)12-15-26-3/h6,8-9H,4-5,7,10-16H2,1-3H3,(H2,21,22,23). The molecule has 1 aromatic rings. The fourth-order valence-corrected chi connectivity index (χ4v) is 3.51. The third-order valence-corrected chi connectivity index (χ3v) is 5.47. The predicted molar refractivity (Wildman–Crippen MR) is 107 cm³/mol. The third kappa shape index (κ3) is 5.87. The smallest absolute Gasteiger partial charge is 0.250 e. The quantitative estimate of drug-likeness (QED) is 0.381. The van der Waals surface area contributed by atoms with Crippen LogP contribution in [-0.4, -0.2) is 44.4 Å². The Bertz CT molecular complexity index is 635. The SMILES string of the molecule is CN=C(NCCCCn1c(C)cccc1=O)NCC1(CCOC)CCC1. The zero-order chi connectivity index (χ0) is 18.8. The summed E-state index contributed by atoms with van der Waals surface area (Å²) in [4.78, 5) is 16.2. The molecule has 0 atom stereocenters. The van der Waals surface area contributed by atoms with E-state index in [9.17, 15) is 4.79 Å². The van der Waals surface area contributed by atoms with Gasteiger partial charge in [-0.2, -0.15) is 0 Å². The van der Waals surface area contributed by atoms with E-state index in [-0.39, 0.29) is 5.56 Å². The largest absolute Gasteiger partial charge is 0.385 e. The van der Waals surface area contributed by atoms with Crippen molar-refractivity contribution in [2.45, 2.75) is 52.0 Å². The average molecular weight is 363 g/mol. The van der Waals surface area contributed by atoms with Crippen LogP contribution in [0.5, 0.6) is 0 Å². The van der Waals surface area contributed by atoms with Crippen molar-refractivity contribution in [3.8, 4) is 0 Å². The van der Waals surface area contributed by atoms with Crippen LogP contribution in [0.15, 0.2) is 28.0 Å². The van der Waals surface area contributed by atoms with Gasteiger partial charge in [0.05, 0.1) is 0 Å². The first-order valence-electron chi connectivity index (χ1n) is 9.70. The van der Waals surface area contributed by atoms with Gasteiger partial charge in [0.25, 0.3) is 5.56 Å². The summed E-state index contributed by atoms with van der Waals surface area (Å²) in [7, 11) is 3.58. The van der Waals surface area contributed by atoms with E-state index < -0.39 is 0 Å². The lowest BCUT2D eigenvalue weighted by Gasteiger charge is -2.42. The van der Waals surface area contributed by atoms with E-state index in [2.05, 4.69) is 15.6 Å². The molecule has 0 aliphatic heterocycles. The van der Waals surface area contributed by atoms with Crippen molar-refractivity contribution in [1.29, 1.82) is 0 Å². The summed E-state index contributed by atoms with van der Waals surface area (Å²) in [6.07, 6.45) is 6.92. The minimum atomic E-state index is 0.0808. The summed E-state index contributed by atoms with van der Waals surface area (Å²) in [6.45, 7) is 5.37. The number of methoxy groups -OCH3 is 1. The van der Waals surface area contributed by atoms with Gasteiger partial charge in [-0.05, 0) is 50.5 Å². The van der Waals surface area contributed by atoms with E-state index in [0.717, 1.165) is 57.2 Å². The summed E-state index contributed by atoms with van der Waals surface area (Å²) in [6, 6.07) is 5.41. The van der Waals surface area contributed by atoms with Gasteiger partial charge in [0.1, 0.15) is 0 Å². The van der Waals surface area contributed by atoms with Gasteiger partial charge < -0.3 is 19.9 Å². The fourth-order valence-electron chi connectivity index (χ4n) is 3.51. The number of unbranched alkanes of at least 4 members (excludes halogenated alkanes) is 1. The number of nitrogens with zero attached hydrogens (tertiary/aromatic N) is 2. The summed E-state index contributed by atoms with van der Waals surface area (Å²) in [5.74, 6) is 0.863. The lowest BCUT2D eigenvalue weighted by Crippen LogP contribution is -2.47. The molecule has 0 amide bonds.